The third-order valence-corrected chi connectivity index (χ3v) is 2.23. The largest absolute Gasteiger partial charge is 0.362 e. The molecule has 0 aliphatic heterocycles. The van der Waals surface area contributed by atoms with E-state index in [0.29, 0.717) is 6.54 Å². The van der Waals surface area contributed by atoms with Crippen molar-refractivity contribution in [3.8, 4) is 0 Å². The molecule has 2 heterocycles. The molecule has 0 aliphatic carbocycles. The molecule has 0 spiro atoms. The molecule has 2 rings (SSSR count). The quantitative estimate of drug-likeness (QED) is 0.521. The number of hydrazine groups is 1. The number of nitrogens with two attached hydrogens (primary N) is 1. The van der Waals surface area contributed by atoms with Gasteiger partial charge >= 0.3 is 0 Å². The van der Waals surface area contributed by atoms with Crippen molar-refractivity contribution in [1.82, 2.24) is 19.7 Å². The van der Waals surface area contributed by atoms with Crippen LogP contribution in [0, 0.1) is 5.82 Å². The zero-order chi connectivity index (χ0) is 12.3. The van der Waals surface area contributed by atoms with Gasteiger partial charge in [0.15, 0.2) is 11.6 Å². The Morgan fingerprint density at radius 2 is 2.35 bits per heavy atom. The zero-order valence-corrected chi connectivity index (χ0v) is 9.18. The lowest BCUT2D eigenvalue weighted by atomic mass is 10.4. The van der Waals surface area contributed by atoms with Gasteiger partial charge in [0, 0.05) is 13.2 Å². The van der Waals surface area contributed by atoms with Crippen LogP contribution >= 0.6 is 0 Å². The van der Waals surface area contributed by atoms with Crippen LogP contribution in [0.15, 0.2) is 18.5 Å². The summed E-state index contributed by atoms with van der Waals surface area (Å²) in [5.74, 6) is 4.85. The van der Waals surface area contributed by atoms with E-state index in [-0.39, 0.29) is 11.8 Å². The molecule has 0 aromatic carbocycles. The highest BCUT2D eigenvalue weighted by atomic mass is 19.1. The minimum Gasteiger partial charge on any atom is -0.362 e. The molecule has 0 bridgehead atoms. The second-order valence-electron chi connectivity index (χ2n) is 3.33. The fourth-order valence-electron chi connectivity index (χ4n) is 1.31. The lowest BCUT2D eigenvalue weighted by Crippen LogP contribution is -2.13. The van der Waals surface area contributed by atoms with Crippen molar-refractivity contribution >= 4 is 11.8 Å². The van der Waals surface area contributed by atoms with Crippen LogP contribution in [-0.4, -0.2) is 19.7 Å². The fraction of sp³-hybridized carbons (Fsp3) is 0.222. The number of nitrogen functional groups attached to an aromatic ring is 1. The molecule has 4 N–H and O–H groups in total. The summed E-state index contributed by atoms with van der Waals surface area (Å²) in [6, 6.07) is 1.83. The molecule has 0 atom stereocenters. The zero-order valence-electron chi connectivity index (χ0n) is 9.18. The van der Waals surface area contributed by atoms with Crippen molar-refractivity contribution in [1.29, 1.82) is 0 Å². The Morgan fingerprint density at radius 1 is 1.53 bits per heavy atom. The Kier molecular flexibility index (Phi) is 3.15. The molecular formula is C9H12FN7. The molecule has 7 nitrogen and oxygen atoms in total. The van der Waals surface area contributed by atoms with Crippen LogP contribution in [0.1, 0.15) is 5.69 Å². The molecule has 2 aromatic heterocycles. The summed E-state index contributed by atoms with van der Waals surface area (Å²) in [7, 11) is 1.81. The molecule has 0 unspecified atom stereocenters. The predicted octanol–water partition coefficient (Wildman–Crippen LogP) is 0.247. The van der Waals surface area contributed by atoms with Crippen molar-refractivity contribution in [2.75, 3.05) is 10.7 Å². The maximum atomic E-state index is 13.4. The van der Waals surface area contributed by atoms with E-state index in [2.05, 4.69) is 25.8 Å². The lowest BCUT2D eigenvalue weighted by Gasteiger charge is -2.07. The molecule has 0 saturated carbocycles. The first-order valence-electron chi connectivity index (χ1n) is 4.90. The molecular weight excluding hydrogens is 225 g/mol. The van der Waals surface area contributed by atoms with Gasteiger partial charge in [-0.1, -0.05) is 0 Å². The summed E-state index contributed by atoms with van der Waals surface area (Å²) in [5.41, 5.74) is 3.16. The number of halogens is 1. The minimum atomic E-state index is -0.536. The summed E-state index contributed by atoms with van der Waals surface area (Å²) >= 11 is 0. The molecule has 8 heteroatoms. The Bertz CT molecular complexity index is 510. The molecule has 0 radical (unpaired) electrons. The molecule has 0 amide bonds. The van der Waals surface area contributed by atoms with Gasteiger partial charge < -0.3 is 5.32 Å². The Labute approximate surface area is 96.8 Å². The topological polar surface area (TPSA) is 93.7 Å². The van der Waals surface area contributed by atoms with Gasteiger partial charge in [-0.05, 0) is 6.07 Å². The van der Waals surface area contributed by atoms with Gasteiger partial charge in [-0.25, -0.2) is 15.2 Å². The molecule has 90 valence electrons. The van der Waals surface area contributed by atoms with E-state index in [1.807, 2.05) is 6.07 Å². The summed E-state index contributed by atoms with van der Waals surface area (Å²) < 4.78 is 15.0. The average molecular weight is 237 g/mol. The van der Waals surface area contributed by atoms with Crippen LogP contribution in [-0.2, 0) is 13.6 Å². The van der Waals surface area contributed by atoms with Crippen LogP contribution in [0.4, 0.5) is 16.2 Å². The Balaban J connectivity index is 2.11. The van der Waals surface area contributed by atoms with Crippen LogP contribution in [0.5, 0.6) is 0 Å². The predicted molar refractivity (Wildman–Crippen MR) is 60.3 cm³/mol. The van der Waals surface area contributed by atoms with Gasteiger partial charge in [0.25, 0.3) is 0 Å². The monoisotopic (exact) mass is 237 g/mol. The first kappa shape index (κ1) is 11.3. The SMILES string of the molecule is Cn1nccc1CNc1nc(NN)ncc1F. The van der Waals surface area contributed by atoms with Crippen molar-refractivity contribution in [2.24, 2.45) is 12.9 Å². The molecule has 0 saturated heterocycles. The standard InChI is InChI=1S/C9H12FN7/c1-17-6(2-3-14-17)4-12-8-7(10)5-13-9(15-8)16-11/h2-3,5H,4,11H2,1H3,(H2,12,13,15,16). The van der Waals surface area contributed by atoms with E-state index in [0.717, 1.165) is 11.9 Å². The molecule has 17 heavy (non-hydrogen) atoms. The number of aryl methyl sites for hydroxylation is 1. The van der Waals surface area contributed by atoms with E-state index in [1.165, 1.54) is 0 Å². The number of nitrogens with one attached hydrogen (secondary N) is 2. The normalized spacial score (nSPS) is 10.3. The summed E-state index contributed by atoms with van der Waals surface area (Å²) in [4.78, 5) is 7.50. The second kappa shape index (κ2) is 4.74. The van der Waals surface area contributed by atoms with Crippen LogP contribution in [0.2, 0.25) is 0 Å². The molecule has 0 aliphatic rings. The minimum absolute atomic E-state index is 0.0918. The van der Waals surface area contributed by atoms with E-state index >= 15 is 0 Å². The summed E-state index contributed by atoms with van der Waals surface area (Å²) in [6.45, 7) is 0.411. The molecule has 0 fully saturated rings. The van der Waals surface area contributed by atoms with Crippen molar-refractivity contribution in [3.63, 3.8) is 0 Å². The van der Waals surface area contributed by atoms with E-state index < -0.39 is 5.82 Å². The number of hydrogen-bond acceptors (Lipinski definition) is 6. The van der Waals surface area contributed by atoms with Crippen molar-refractivity contribution in [3.05, 3.63) is 30.0 Å². The lowest BCUT2D eigenvalue weighted by molar-refractivity contribution is 0.616. The van der Waals surface area contributed by atoms with Crippen molar-refractivity contribution in [2.45, 2.75) is 6.54 Å². The third kappa shape index (κ3) is 2.48. The van der Waals surface area contributed by atoms with E-state index in [9.17, 15) is 4.39 Å². The number of nitrogens with zero attached hydrogens (tertiary/aromatic N) is 4. The van der Waals surface area contributed by atoms with Gasteiger partial charge in [0.1, 0.15) is 0 Å². The summed E-state index contributed by atoms with van der Waals surface area (Å²) in [5, 5.41) is 6.85. The highest BCUT2D eigenvalue weighted by Gasteiger charge is 2.06. The first-order valence-corrected chi connectivity index (χ1v) is 4.90. The van der Waals surface area contributed by atoms with Crippen LogP contribution < -0.4 is 16.6 Å². The average Bonchev–Trinajstić information content (AvgIpc) is 2.74. The Morgan fingerprint density at radius 3 is 3.00 bits per heavy atom. The van der Waals surface area contributed by atoms with Crippen LogP contribution in [0.25, 0.3) is 0 Å². The van der Waals surface area contributed by atoms with Gasteiger partial charge in [0.2, 0.25) is 5.95 Å². The van der Waals surface area contributed by atoms with Gasteiger partial charge in [-0.15, -0.1) is 0 Å². The smallest absolute Gasteiger partial charge is 0.239 e. The van der Waals surface area contributed by atoms with E-state index in [1.54, 1.807) is 17.9 Å². The third-order valence-electron chi connectivity index (χ3n) is 2.23. The molecule has 2 aromatic rings. The first-order chi connectivity index (χ1) is 8.20. The number of rotatable bonds is 4. The van der Waals surface area contributed by atoms with Gasteiger partial charge in [-0.3, -0.25) is 10.1 Å². The van der Waals surface area contributed by atoms with Gasteiger partial charge in [-0.2, -0.15) is 10.1 Å². The fourth-order valence-corrected chi connectivity index (χ4v) is 1.31. The highest BCUT2D eigenvalue weighted by Crippen LogP contribution is 2.12. The van der Waals surface area contributed by atoms with Crippen molar-refractivity contribution < 1.29 is 4.39 Å². The maximum Gasteiger partial charge on any atom is 0.239 e. The second-order valence-corrected chi connectivity index (χ2v) is 3.33. The number of hydrogen-bond donors (Lipinski definition) is 3. The number of aromatic nitrogens is 4. The van der Waals surface area contributed by atoms with Crippen LogP contribution in [0.3, 0.4) is 0 Å². The van der Waals surface area contributed by atoms with Gasteiger partial charge in [0.05, 0.1) is 18.4 Å². The number of anilines is 2. The Hall–Kier alpha value is -2.22. The maximum absolute atomic E-state index is 13.4. The summed E-state index contributed by atoms with van der Waals surface area (Å²) in [6.07, 6.45) is 2.72. The highest BCUT2D eigenvalue weighted by molar-refractivity contribution is 5.40. The van der Waals surface area contributed by atoms with E-state index in [4.69, 9.17) is 5.84 Å².